The lowest BCUT2D eigenvalue weighted by atomic mass is 10.1. The van der Waals surface area contributed by atoms with Crippen LogP contribution in [0.3, 0.4) is 0 Å². The lowest BCUT2D eigenvalue weighted by molar-refractivity contribution is 0.241. The SMILES string of the molecule is CNCCCN(C)C1CCc2ccccc21. The molecule has 1 N–H and O–H groups in total. The second-order valence-electron chi connectivity index (χ2n) is 4.69. The number of benzene rings is 1. The second-order valence-corrected chi connectivity index (χ2v) is 4.69. The van der Waals surface area contributed by atoms with Crippen molar-refractivity contribution in [1.29, 1.82) is 0 Å². The molecule has 0 saturated heterocycles. The standard InChI is InChI=1S/C14H22N2/c1-15-10-5-11-16(2)14-9-8-12-6-3-4-7-13(12)14/h3-4,6-7,14-15H,5,8-11H2,1-2H3. The summed E-state index contributed by atoms with van der Waals surface area (Å²) in [5.74, 6) is 0. The smallest absolute Gasteiger partial charge is 0.0350 e. The molecule has 1 unspecified atom stereocenters. The van der Waals surface area contributed by atoms with Crippen molar-refractivity contribution in [2.45, 2.75) is 25.3 Å². The summed E-state index contributed by atoms with van der Waals surface area (Å²) < 4.78 is 0. The Balaban J connectivity index is 1.96. The van der Waals surface area contributed by atoms with Gasteiger partial charge in [-0.05, 0) is 57.6 Å². The molecule has 88 valence electrons. The highest BCUT2D eigenvalue weighted by molar-refractivity contribution is 5.34. The molecule has 0 aliphatic heterocycles. The third-order valence-electron chi connectivity index (χ3n) is 3.57. The molecule has 0 heterocycles. The maximum absolute atomic E-state index is 3.21. The fourth-order valence-electron chi connectivity index (χ4n) is 2.65. The Bertz CT molecular complexity index is 335. The fraction of sp³-hybridized carbons (Fsp3) is 0.571. The van der Waals surface area contributed by atoms with Crippen LogP contribution in [0.1, 0.15) is 30.0 Å². The monoisotopic (exact) mass is 218 g/mol. The van der Waals surface area contributed by atoms with Gasteiger partial charge < -0.3 is 5.32 Å². The van der Waals surface area contributed by atoms with Gasteiger partial charge in [0.25, 0.3) is 0 Å². The van der Waals surface area contributed by atoms with Crippen LogP contribution in [-0.4, -0.2) is 32.1 Å². The number of hydrogen-bond donors (Lipinski definition) is 1. The number of rotatable bonds is 5. The van der Waals surface area contributed by atoms with E-state index in [1.165, 1.54) is 25.8 Å². The van der Waals surface area contributed by atoms with Crippen molar-refractivity contribution in [3.05, 3.63) is 35.4 Å². The molecule has 1 aromatic carbocycles. The predicted molar refractivity (Wildman–Crippen MR) is 68.7 cm³/mol. The summed E-state index contributed by atoms with van der Waals surface area (Å²) in [5.41, 5.74) is 3.10. The van der Waals surface area contributed by atoms with E-state index in [1.807, 2.05) is 7.05 Å². The van der Waals surface area contributed by atoms with Gasteiger partial charge in [0.15, 0.2) is 0 Å². The van der Waals surface area contributed by atoms with Gasteiger partial charge in [-0.15, -0.1) is 0 Å². The molecule has 0 saturated carbocycles. The van der Waals surface area contributed by atoms with E-state index in [-0.39, 0.29) is 0 Å². The van der Waals surface area contributed by atoms with Crippen molar-refractivity contribution < 1.29 is 0 Å². The second kappa shape index (κ2) is 5.46. The average Bonchev–Trinajstić information content (AvgIpc) is 2.73. The molecular formula is C14H22N2. The summed E-state index contributed by atoms with van der Waals surface area (Å²) in [7, 11) is 4.27. The first-order chi connectivity index (χ1) is 7.83. The number of aryl methyl sites for hydroxylation is 1. The molecule has 1 atom stereocenters. The van der Waals surface area contributed by atoms with Gasteiger partial charge in [-0.25, -0.2) is 0 Å². The van der Waals surface area contributed by atoms with E-state index >= 15 is 0 Å². The Morgan fingerprint density at radius 2 is 2.19 bits per heavy atom. The maximum atomic E-state index is 3.21. The van der Waals surface area contributed by atoms with Crippen LogP contribution in [0.4, 0.5) is 0 Å². The molecule has 1 aliphatic carbocycles. The summed E-state index contributed by atoms with van der Waals surface area (Å²) >= 11 is 0. The molecule has 1 aromatic rings. The van der Waals surface area contributed by atoms with Crippen molar-refractivity contribution >= 4 is 0 Å². The van der Waals surface area contributed by atoms with E-state index in [0.717, 1.165) is 6.54 Å². The Morgan fingerprint density at radius 1 is 1.38 bits per heavy atom. The van der Waals surface area contributed by atoms with Gasteiger partial charge in [-0.2, -0.15) is 0 Å². The highest BCUT2D eigenvalue weighted by atomic mass is 15.1. The van der Waals surface area contributed by atoms with E-state index < -0.39 is 0 Å². The predicted octanol–water partition coefficient (Wildman–Crippen LogP) is 2.22. The van der Waals surface area contributed by atoms with Crippen molar-refractivity contribution in [3.8, 4) is 0 Å². The molecule has 2 nitrogen and oxygen atoms in total. The molecule has 0 radical (unpaired) electrons. The van der Waals surface area contributed by atoms with Gasteiger partial charge >= 0.3 is 0 Å². The van der Waals surface area contributed by atoms with Gasteiger partial charge in [0.2, 0.25) is 0 Å². The Morgan fingerprint density at radius 3 is 3.00 bits per heavy atom. The van der Waals surface area contributed by atoms with Crippen LogP contribution in [0.5, 0.6) is 0 Å². The van der Waals surface area contributed by atoms with Crippen LogP contribution in [0.15, 0.2) is 24.3 Å². The quantitative estimate of drug-likeness (QED) is 0.762. The Hall–Kier alpha value is -0.860. The minimum atomic E-state index is 0.646. The largest absolute Gasteiger partial charge is 0.320 e. The summed E-state index contributed by atoms with van der Waals surface area (Å²) in [5, 5.41) is 3.21. The first-order valence-electron chi connectivity index (χ1n) is 6.25. The Kier molecular flexibility index (Phi) is 3.97. The Labute approximate surface area is 98.7 Å². The minimum Gasteiger partial charge on any atom is -0.320 e. The maximum Gasteiger partial charge on any atom is 0.0350 e. The molecule has 0 fully saturated rings. The summed E-state index contributed by atoms with van der Waals surface area (Å²) in [4.78, 5) is 2.50. The van der Waals surface area contributed by atoms with Crippen molar-refractivity contribution in [3.63, 3.8) is 0 Å². The normalized spacial score (nSPS) is 19.1. The van der Waals surface area contributed by atoms with Crippen LogP contribution < -0.4 is 5.32 Å². The van der Waals surface area contributed by atoms with Gasteiger partial charge in [-0.3, -0.25) is 4.90 Å². The highest BCUT2D eigenvalue weighted by Crippen LogP contribution is 2.34. The van der Waals surface area contributed by atoms with E-state index in [1.54, 1.807) is 11.1 Å². The molecule has 0 aromatic heterocycles. The average molecular weight is 218 g/mol. The van der Waals surface area contributed by atoms with Crippen LogP contribution in [0.25, 0.3) is 0 Å². The number of nitrogens with zero attached hydrogens (tertiary/aromatic N) is 1. The lowest BCUT2D eigenvalue weighted by Crippen LogP contribution is -2.26. The summed E-state index contributed by atoms with van der Waals surface area (Å²) in [6.07, 6.45) is 3.76. The first-order valence-corrected chi connectivity index (χ1v) is 6.25. The van der Waals surface area contributed by atoms with E-state index in [2.05, 4.69) is 41.5 Å². The zero-order valence-electron chi connectivity index (χ0n) is 10.4. The molecule has 0 spiro atoms. The van der Waals surface area contributed by atoms with Crippen molar-refractivity contribution in [2.24, 2.45) is 0 Å². The van der Waals surface area contributed by atoms with E-state index in [9.17, 15) is 0 Å². The zero-order valence-corrected chi connectivity index (χ0v) is 10.4. The molecular weight excluding hydrogens is 196 g/mol. The third-order valence-corrected chi connectivity index (χ3v) is 3.57. The summed E-state index contributed by atoms with van der Waals surface area (Å²) in [6.45, 7) is 2.29. The molecule has 1 aliphatic rings. The van der Waals surface area contributed by atoms with Gasteiger partial charge in [0.1, 0.15) is 0 Å². The lowest BCUT2D eigenvalue weighted by Gasteiger charge is -2.25. The topological polar surface area (TPSA) is 15.3 Å². The first kappa shape index (κ1) is 11.6. The fourth-order valence-corrected chi connectivity index (χ4v) is 2.65. The van der Waals surface area contributed by atoms with E-state index in [0.29, 0.717) is 6.04 Å². The molecule has 2 rings (SSSR count). The molecule has 0 bridgehead atoms. The highest BCUT2D eigenvalue weighted by Gasteiger charge is 2.24. The zero-order chi connectivity index (χ0) is 11.4. The van der Waals surface area contributed by atoms with Crippen LogP contribution in [-0.2, 0) is 6.42 Å². The third kappa shape index (κ3) is 2.45. The van der Waals surface area contributed by atoms with Gasteiger partial charge in [0.05, 0.1) is 0 Å². The summed E-state index contributed by atoms with van der Waals surface area (Å²) in [6, 6.07) is 9.53. The van der Waals surface area contributed by atoms with Crippen LogP contribution in [0.2, 0.25) is 0 Å². The molecule has 16 heavy (non-hydrogen) atoms. The van der Waals surface area contributed by atoms with Gasteiger partial charge in [0, 0.05) is 6.04 Å². The number of hydrogen-bond acceptors (Lipinski definition) is 2. The minimum absolute atomic E-state index is 0.646. The van der Waals surface area contributed by atoms with Crippen LogP contribution in [0, 0.1) is 0 Å². The van der Waals surface area contributed by atoms with Gasteiger partial charge in [-0.1, -0.05) is 24.3 Å². The number of nitrogens with one attached hydrogen (secondary N) is 1. The molecule has 2 heteroatoms. The molecule has 0 amide bonds. The number of fused-ring (bicyclic) bond motifs is 1. The van der Waals surface area contributed by atoms with E-state index in [4.69, 9.17) is 0 Å². The van der Waals surface area contributed by atoms with Crippen molar-refractivity contribution in [1.82, 2.24) is 10.2 Å². The van der Waals surface area contributed by atoms with Crippen LogP contribution >= 0.6 is 0 Å². The van der Waals surface area contributed by atoms with Crippen molar-refractivity contribution in [2.75, 3.05) is 27.2 Å².